The number of carboxylic acid groups (broad SMARTS) is 2. The number of hydrogen-bond acceptors (Lipinski definition) is 4. The van der Waals surface area contributed by atoms with Crippen LogP contribution in [0.4, 0.5) is 0 Å². The molecule has 0 aliphatic carbocycles. The number of unbranched alkanes of at least 4 members (excludes halogenated alkanes) is 9. The lowest BCUT2D eigenvalue weighted by Gasteiger charge is -2.14. The van der Waals surface area contributed by atoms with E-state index in [4.69, 9.17) is 10.8 Å². The molecule has 0 aliphatic heterocycles. The highest BCUT2D eigenvalue weighted by atomic mass is 16.4. The van der Waals surface area contributed by atoms with Crippen LogP contribution in [0.3, 0.4) is 0 Å². The minimum atomic E-state index is -0.759. The van der Waals surface area contributed by atoms with Gasteiger partial charge in [-0.3, -0.25) is 9.59 Å². The molecule has 6 heteroatoms. The van der Waals surface area contributed by atoms with Gasteiger partial charge in [-0.25, -0.2) is 0 Å². The van der Waals surface area contributed by atoms with Crippen molar-refractivity contribution in [1.29, 1.82) is 0 Å². The molecule has 0 aromatic rings. The molecular weight excluding hydrogens is 308 g/mol. The molecule has 0 fully saturated rings. The fourth-order valence-electron chi connectivity index (χ4n) is 2.72. The maximum absolute atomic E-state index is 11.2. The Morgan fingerprint density at radius 2 is 1.33 bits per heavy atom. The van der Waals surface area contributed by atoms with E-state index >= 15 is 0 Å². The van der Waals surface area contributed by atoms with E-state index < -0.39 is 18.0 Å². The molecule has 0 saturated carbocycles. The summed E-state index contributed by atoms with van der Waals surface area (Å²) < 4.78 is 0. The lowest BCUT2D eigenvalue weighted by molar-refractivity contribution is -0.140. The first-order valence-corrected chi connectivity index (χ1v) is 9.46. The first-order chi connectivity index (χ1) is 11.6. The number of rotatable bonds is 18. The third-order valence-corrected chi connectivity index (χ3v) is 4.20. The van der Waals surface area contributed by atoms with Gasteiger partial charge in [0, 0.05) is 6.42 Å². The van der Waals surface area contributed by atoms with Gasteiger partial charge in [0.05, 0.1) is 0 Å². The Bertz CT molecular complexity index is 324. The van der Waals surface area contributed by atoms with Crippen LogP contribution in [0.15, 0.2) is 0 Å². The van der Waals surface area contributed by atoms with Crippen molar-refractivity contribution in [3.63, 3.8) is 0 Å². The van der Waals surface area contributed by atoms with Gasteiger partial charge in [0.1, 0.15) is 6.04 Å². The van der Waals surface area contributed by atoms with Gasteiger partial charge in [-0.05, 0) is 38.8 Å². The van der Waals surface area contributed by atoms with Crippen LogP contribution >= 0.6 is 0 Å². The van der Waals surface area contributed by atoms with Crippen LogP contribution in [0.5, 0.6) is 0 Å². The molecule has 0 spiro atoms. The number of nitrogens with one attached hydrogen (secondary N) is 1. The molecule has 0 saturated heterocycles. The van der Waals surface area contributed by atoms with Crippen molar-refractivity contribution < 1.29 is 19.8 Å². The van der Waals surface area contributed by atoms with Crippen LogP contribution in [0.25, 0.3) is 0 Å². The Labute approximate surface area is 146 Å². The highest BCUT2D eigenvalue weighted by Crippen LogP contribution is 2.11. The van der Waals surface area contributed by atoms with Crippen LogP contribution in [0, 0.1) is 0 Å². The number of nitrogens with two attached hydrogens (primary N) is 1. The Balaban J connectivity index is 3.50. The summed E-state index contributed by atoms with van der Waals surface area (Å²) in [6.07, 6.45) is 12.1. The van der Waals surface area contributed by atoms with Crippen molar-refractivity contribution in [1.82, 2.24) is 5.32 Å². The van der Waals surface area contributed by atoms with Crippen LogP contribution in [0.1, 0.15) is 83.5 Å². The van der Waals surface area contributed by atoms with E-state index in [1.54, 1.807) is 0 Å². The molecule has 0 amide bonds. The molecular formula is C18H36N2O4. The number of carbonyl (C=O) groups is 2. The monoisotopic (exact) mass is 344 g/mol. The van der Waals surface area contributed by atoms with Crippen molar-refractivity contribution in [2.45, 2.75) is 89.5 Å². The first kappa shape index (κ1) is 22.9. The molecule has 0 aromatic carbocycles. The third-order valence-electron chi connectivity index (χ3n) is 4.20. The van der Waals surface area contributed by atoms with Crippen molar-refractivity contribution >= 4 is 11.9 Å². The highest BCUT2D eigenvalue weighted by molar-refractivity contribution is 5.73. The quantitative estimate of drug-likeness (QED) is 0.284. The molecule has 142 valence electrons. The van der Waals surface area contributed by atoms with Gasteiger partial charge in [-0.2, -0.15) is 0 Å². The van der Waals surface area contributed by atoms with Crippen molar-refractivity contribution in [2.75, 3.05) is 13.1 Å². The summed E-state index contributed by atoms with van der Waals surface area (Å²) in [7, 11) is 0. The van der Waals surface area contributed by atoms with Crippen molar-refractivity contribution in [2.24, 2.45) is 5.73 Å². The largest absolute Gasteiger partial charge is 0.481 e. The summed E-state index contributed by atoms with van der Waals surface area (Å²) in [5, 5.41) is 20.9. The number of aliphatic carboxylic acids is 2. The van der Waals surface area contributed by atoms with Crippen LogP contribution in [0.2, 0.25) is 0 Å². The predicted molar refractivity (Wildman–Crippen MR) is 96.1 cm³/mol. The van der Waals surface area contributed by atoms with Gasteiger partial charge in [0.25, 0.3) is 0 Å². The van der Waals surface area contributed by atoms with E-state index in [0.29, 0.717) is 6.42 Å². The third kappa shape index (κ3) is 15.7. The topological polar surface area (TPSA) is 113 Å². The van der Waals surface area contributed by atoms with Crippen molar-refractivity contribution in [3.8, 4) is 0 Å². The molecule has 0 heterocycles. The van der Waals surface area contributed by atoms with Gasteiger partial charge < -0.3 is 21.3 Å². The molecule has 6 nitrogen and oxygen atoms in total. The van der Waals surface area contributed by atoms with Gasteiger partial charge in [0.2, 0.25) is 0 Å². The Morgan fingerprint density at radius 1 is 0.792 bits per heavy atom. The van der Waals surface area contributed by atoms with Crippen LogP contribution in [-0.4, -0.2) is 41.3 Å². The second kappa shape index (κ2) is 16.7. The maximum Gasteiger partial charge on any atom is 0.320 e. The van der Waals surface area contributed by atoms with E-state index in [2.05, 4.69) is 5.32 Å². The summed E-state index contributed by atoms with van der Waals surface area (Å²) in [4.78, 5) is 21.6. The van der Waals surface area contributed by atoms with E-state index in [1.807, 2.05) is 0 Å². The minimum Gasteiger partial charge on any atom is -0.481 e. The lowest BCUT2D eigenvalue weighted by atomic mass is 10.0. The highest BCUT2D eigenvalue weighted by Gasteiger charge is 2.15. The average Bonchev–Trinajstić information content (AvgIpc) is 2.53. The molecule has 0 aromatic heterocycles. The summed E-state index contributed by atoms with van der Waals surface area (Å²) in [6, 6.07) is -0.435. The zero-order valence-corrected chi connectivity index (χ0v) is 15.0. The SMILES string of the molecule is NCCCCCCNC(CCCCCCCCCC(=O)O)C(=O)O. The van der Waals surface area contributed by atoms with E-state index in [-0.39, 0.29) is 6.42 Å². The van der Waals surface area contributed by atoms with Gasteiger partial charge in [0.15, 0.2) is 0 Å². The maximum atomic E-state index is 11.2. The number of carboxylic acids is 2. The average molecular weight is 344 g/mol. The van der Waals surface area contributed by atoms with Crippen LogP contribution < -0.4 is 11.1 Å². The van der Waals surface area contributed by atoms with E-state index in [9.17, 15) is 14.7 Å². The first-order valence-electron chi connectivity index (χ1n) is 9.46. The molecule has 0 rings (SSSR count). The van der Waals surface area contributed by atoms with Crippen molar-refractivity contribution in [3.05, 3.63) is 0 Å². The van der Waals surface area contributed by atoms with E-state index in [0.717, 1.165) is 83.7 Å². The Hall–Kier alpha value is -1.14. The fourth-order valence-corrected chi connectivity index (χ4v) is 2.72. The molecule has 1 unspecified atom stereocenters. The molecule has 5 N–H and O–H groups in total. The molecule has 0 bridgehead atoms. The smallest absolute Gasteiger partial charge is 0.320 e. The lowest BCUT2D eigenvalue weighted by Crippen LogP contribution is -2.37. The standard InChI is InChI=1S/C18H36N2O4/c19-14-10-6-7-11-15-20-16(18(23)24)12-8-4-2-1-3-5-9-13-17(21)22/h16,20H,1-15,19H2,(H,21,22)(H,23,24). The second-order valence-electron chi connectivity index (χ2n) is 6.46. The molecule has 1 atom stereocenters. The van der Waals surface area contributed by atoms with Gasteiger partial charge >= 0.3 is 11.9 Å². The molecule has 0 aliphatic rings. The number of hydrogen-bond donors (Lipinski definition) is 4. The van der Waals surface area contributed by atoms with Gasteiger partial charge in [-0.1, -0.05) is 51.4 Å². The minimum absolute atomic E-state index is 0.262. The molecule has 24 heavy (non-hydrogen) atoms. The van der Waals surface area contributed by atoms with Gasteiger partial charge in [-0.15, -0.1) is 0 Å². The Kier molecular flexibility index (Phi) is 15.9. The zero-order chi connectivity index (χ0) is 18.0. The molecule has 0 radical (unpaired) electrons. The summed E-state index contributed by atoms with van der Waals surface area (Å²) in [5.74, 6) is -1.48. The Morgan fingerprint density at radius 3 is 1.92 bits per heavy atom. The normalized spacial score (nSPS) is 12.2. The fraction of sp³-hybridized carbons (Fsp3) is 0.889. The zero-order valence-electron chi connectivity index (χ0n) is 15.0. The summed E-state index contributed by atoms with van der Waals surface area (Å²) in [6.45, 7) is 1.48. The summed E-state index contributed by atoms with van der Waals surface area (Å²) >= 11 is 0. The summed E-state index contributed by atoms with van der Waals surface area (Å²) in [5.41, 5.74) is 5.44. The van der Waals surface area contributed by atoms with Crippen LogP contribution in [-0.2, 0) is 9.59 Å². The van der Waals surface area contributed by atoms with E-state index in [1.165, 1.54) is 0 Å². The predicted octanol–water partition coefficient (Wildman–Crippen LogP) is 3.14. The second-order valence-corrected chi connectivity index (χ2v) is 6.46.